The number of piperazine rings is 1. The molecule has 0 radical (unpaired) electrons. The van der Waals surface area contributed by atoms with E-state index in [1.54, 1.807) is 27.2 Å². The molecule has 2 aromatic rings. The number of ether oxygens (including phenoxy) is 2. The molecule has 0 saturated carbocycles. The molecule has 0 spiro atoms. The average Bonchev–Trinajstić information content (AvgIpc) is 2.79. The third-order valence-corrected chi connectivity index (χ3v) is 5.70. The minimum absolute atomic E-state index is 0.0185. The molecule has 0 aliphatic carbocycles. The lowest BCUT2D eigenvalue weighted by Crippen LogP contribution is -2.46. The first kappa shape index (κ1) is 23.5. The molecule has 9 heteroatoms. The van der Waals surface area contributed by atoms with Gasteiger partial charge in [0, 0.05) is 69.1 Å². The molecular weight excluding hydrogens is 412 g/mol. The van der Waals surface area contributed by atoms with Gasteiger partial charge in [0.05, 0.1) is 19.1 Å². The lowest BCUT2D eigenvalue weighted by molar-refractivity contribution is -0.384. The molecule has 3 rings (SSSR count). The van der Waals surface area contributed by atoms with Crippen LogP contribution in [0.5, 0.6) is 11.5 Å². The number of nitrogens with zero attached hydrogens (tertiary/aromatic N) is 3. The Balaban J connectivity index is 1.44. The molecule has 1 saturated heterocycles. The van der Waals surface area contributed by atoms with E-state index in [4.69, 9.17) is 9.47 Å². The SMILES string of the molecule is COc1ccc(OC)c(CN2CCN(CCC(=O)Nc3ccc([N+](=O)[O-])cc3C)CC2)c1. The smallest absolute Gasteiger partial charge is 0.269 e. The van der Waals surface area contributed by atoms with Gasteiger partial charge in [-0.05, 0) is 36.8 Å². The fraction of sp³-hybridized carbons (Fsp3) is 0.435. The van der Waals surface area contributed by atoms with Gasteiger partial charge < -0.3 is 19.7 Å². The van der Waals surface area contributed by atoms with Crippen molar-refractivity contribution >= 4 is 17.3 Å². The summed E-state index contributed by atoms with van der Waals surface area (Å²) in [7, 11) is 3.33. The zero-order chi connectivity index (χ0) is 23.1. The van der Waals surface area contributed by atoms with Crippen molar-refractivity contribution in [3.05, 3.63) is 57.6 Å². The number of nitro groups is 1. The Bertz CT molecular complexity index is 957. The summed E-state index contributed by atoms with van der Waals surface area (Å²) < 4.78 is 10.8. The molecule has 0 aromatic heterocycles. The number of carbonyl (C=O) groups excluding carboxylic acids is 1. The number of rotatable bonds is 9. The first-order chi connectivity index (χ1) is 15.4. The second-order valence-corrected chi connectivity index (χ2v) is 7.85. The Morgan fingerprint density at radius 1 is 1.06 bits per heavy atom. The molecule has 1 aliphatic rings. The van der Waals surface area contributed by atoms with Gasteiger partial charge in [0.25, 0.3) is 5.69 Å². The molecule has 1 fully saturated rings. The molecule has 2 aromatic carbocycles. The van der Waals surface area contributed by atoms with Crippen LogP contribution in [0, 0.1) is 17.0 Å². The summed E-state index contributed by atoms with van der Waals surface area (Å²) in [6.07, 6.45) is 0.375. The van der Waals surface area contributed by atoms with Crippen molar-refractivity contribution < 1.29 is 19.2 Å². The standard InChI is InChI=1S/C23H30N4O5/c1-17-14-19(27(29)30)4-6-21(17)24-23(28)8-9-25-10-12-26(13-11-25)16-18-15-20(31-2)5-7-22(18)32-3/h4-7,14-15H,8-13,16H2,1-3H3,(H,24,28). The number of non-ortho nitro benzene ring substituents is 1. The van der Waals surface area contributed by atoms with E-state index >= 15 is 0 Å². The maximum absolute atomic E-state index is 12.4. The van der Waals surface area contributed by atoms with Crippen LogP contribution >= 0.6 is 0 Å². The van der Waals surface area contributed by atoms with Gasteiger partial charge in [-0.3, -0.25) is 19.8 Å². The zero-order valence-electron chi connectivity index (χ0n) is 18.8. The number of aryl methyl sites for hydroxylation is 1. The number of amides is 1. The van der Waals surface area contributed by atoms with Gasteiger partial charge >= 0.3 is 0 Å². The Labute approximate surface area is 188 Å². The molecule has 0 atom stereocenters. The predicted molar refractivity (Wildman–Crippen MR) is 122 cm³/mol. The van der Waals surface area contributed by atoms with Gasteiger partial charge in [-0.2, -0.15) is 0 Å². The van der Waals surface area contributed by atoms with Crippen LogP contribution in [-0.4, -0.2) is 67.6 Å². The van der Waals surface area contributed by atoms with Crippen molar-refractivity contribution in [2.24, 2.45) is 0 Å². The first-order valence-corrected chi connectivity index (χ1v) is 10.6. The van der Waals surface area contributed by atoms with Crippen molar-refractivity contribution in [3.63, 3.8) is 0 Å². The Morgan fingerprint density at radius 3 is 2.41 bits per heavy atom. The fourth-order valence-electron chi connectivity index (χ4n) is 3.79. The molecule has 1 N–H and O–H groups in total. The molecule has 0 bridgehead atoms. The molecule has 0 unspecified atom stereocenters. The third-order valence-electron chi connectivity index (χ3n) is 5.70. The molecule has 1 heterocycles. The Kier molecular flexibility index (Phi) is 8.02. The first-order valence-electron chi connectivity index (χ1n) is 10.6. The van der Waals surface area contributed by atoms with E-state index in [1.165, 1.54) is 12.1 Å². The van der Waals surface area contributed by atoms with E-state index in [0.29, 0.717) is 24.2 Å². The molecule has 9 nitrogen and oxygen atoms in total. The fourth-order valence-corrected chi connectivity index (χ4v) is 3.79. The average molecular weight is 443 g/mol. The highest BCUT2D eigenvalue weighted by Crippen LogP contribution is 2.26. The molecular formula is C23H30N4O5. The van der Waals surface area contributed by atoms with Crippen molar-refractivity contribution in [1.82, 2.24) is 9.80 Å². The number of nitrogens with one attached hydrogen (secondary N) is 1. The maximum atomic E-state index is 12.4. The van der Waals surface area contributed by atoms with Gasteiger partial charge in [0.15, 0.2) is 0 Å². The number of hydrogen-bond donors (Lipinski definition) is 1. The van der Waals surface area contributed by atoms with Crippen LogP contribution in [0.2, 0.25) is 0 Å². The topological polar surface area (TPSA) is 97.2 Å². The van der Waals surface area contributed by atoms with Crippen molar-refractivity contribution in [2.75, 3.05) is 52.3 Å². The largest absolute Gasteiger partial charge is 0.497 e. The van der Waals surface area contributed by atoms with Crippen LogP contribution in [0.25, 0.3) is 0 Å². The second-order valence-electron chi connectivity index (χ2n) is 7.85. The van der Waals surface area contributed by atoms with E-state index in [-0.39, 0.29) is 11.6 Å². The van der Waals surface area contributed by atoms with Crippen LogP contribution in [0.15, 0.2) is 36.4 Å². The summed E-state index contributed by atoms with van der Waals surface area (Å²) in [5.74, 6) is 1.57. The summed E-state index contributed by atoms with van der Waals surface area (Å²) in [4.78, 5) is 27.4. The molecule has 1 aliphatic heterocycles. The number of anilines is 1. The van der Waals surface area contributed by atoms with E-state index < -0.39 is 4.92 Å². The molecule has 1 amide bonds. The number of methoxy groups -OCH3 is 2. The minimum Gasteiger partial charge on any atom is -0.497 e. The lowest BCUT2D eigenvalue weighted by atomic mass is 10.1. The quantitative estimate of drug-likeness (QED) is 0.471. The summed E-state index contributed by atoms with van der Waals surface area (Å²) in [5.41, 5.74) is 2.40. The summed E-state index contributed by atoms with van der Waals surface area (Å²) >= 11 is 0. The van der Waals surface area contributed by atoms with Crippen LogP contribution in [0.1, 0.15) is 17.5 Å². The zero-order valence-corrected chi connectivity index (χ0v) is 18.8. The van der Waals surface area contributed by atoms with Gasteiger partial charge in [-0.25, -0.2) is 0 Å². The monoisotopic (exact) mass is 442 g/mol. The van der Waals surface area contributed by atoms with E-state index in [2.05, 4.69) is 15.1 Å². The normalized spacial score (nSPS) is 14.7. The maximum Gasteiger partial charge on any atom is 0.269 e. The lowest BCUT2D eigenvalue weighted by Gasteiger charge is -2.34. The Hall–Kier alpha value is -3.17. The minimum atomic E-state index is -0.442. The second kappa shape index (κ2) is 10.9. The number of nitro benzene ring substituents is 1. The summed E-state index contributed by atoms with van der Waals surface area (Å²) in [6, 6.07) is 10.3. The highest BCUT2D eigenvalue weighted by molar-refractivity contribution is 5.91. The van der Waals surface area contributed by atoms with Crippen molar-refractivity contribution in [2.45, 2.75) is 19.9 Å². The van der Waals surface area contributed by atoms with E-state index in [1.807, 2.05) is 18.2 Å². The van der Waals surface area contributed by atoms with E-state index in [9.17, 15) is 14.9 Å². The van der Waals surface area contributed by atoms with Gasteiger partial charge in [0.2, 0.25) is 5.91 Å². The van der Waals surface area contributed by atoms with Crippen molar-refractivity contribution in [3.8, 4) is 11.5 Å². The summed E-state index contributed by atoms with van der Waals surface area (Å²) in [6.45, 7) is 6.79. The highest BCUT2D eigenvalue weighted by atomic mass is 16.6. The summed E-state index contributed by atoms with van der Waals surface area (Å²) in [5, 5.41) is 13.7. The number of hydrogen-bond acceptors (Lipinski definition) is 7. The van der Waals surface area contributed by atoms with Crippen LogP contribution in [0.3, 0.4) is 0 Å². The van der Waals surface area contributed by atoms with Crippen molar-refractivity contribution in [1.29, 1.82) is 0 Å². The molecule has 172 valence electrons. The molecule has 32 heavy (non-hydrogen) atoms. The van der Waals surface area contributed by atoms with Gasteiger partial charge in [-0.1, -0.05) is 0 Å². The van der Waals surface area contributed by atoms with Crippen LogP contribution in [0.4, 0.5) is 11.4 Å². The number of benzene rings is 2. The van der Waals surface area contributed by atoms with E-state index in [0.717, 1.165) is 49.8 Å². The third kappa shape index (κ3) is 6.18. The Morgan fingerprint density at radius 2 is 1.78 bits per heavy atom. The van der Waals surface area contributed by atoms with Crippen LogP contribution in [-0.2, 0) is 11.3 Å². The van der Waals surface area contributed by atoms with Gasteiger partial charge in [0.1, 0.15) is 11.5 Å². The number of carbonyl (C=O) groups is 1. The highest BCUT2D eigenvalue weighted by Gasteiger charge is 2.19. The van der Waals surface area contributed by atoms with Gasteiger partial charge in [-0.15, -0.1) is 0 Å². The predicted octanol–water partition coefficient (Wildman–Crippen LogP) is 3.07. The van der Waals surface area contributed by atoms with Crippen LogP contribution < -0.4 is 14.8 Å².